The number of aryl methyl sites for hydroxylation is 2. The number of benzene rings is 1. The topological polar surface area (TPSA) is 70.7 Å². The molecule has 0 atom stereocenters. The van der Waals surface area contributed by atoms with Crippen molar-refractivity contribution in [3.05, 3.63) is 40.5 Å². The Morgan fingerprint density at radius 2 is 2.19 bits per heavy atom. The fourth-order valence-electron chi connectivity index (χ4n) is 2.15. The summed E-state index contributed by atoms with van der Waals surface area (Å²) in [4.78, 5) is 15.4. The number of aromatic amines is 1. The summed E-state index contributed by atoms with van der Waals surface area (Å²) in [7, 11) is 0. The number of fused-ring (bicyclic) bond motifs is 1. The Kier molecular flexibility index (Phi) is 3.70. The van der Waals surface area contributed by atoms with Gasteiger partial charge in [0, 0.05) is 17.3 Å². The molecular formula is C15H16N4OS. The number of aromatic nitrogens is 3. The van der Waals surface area contributed by atoms with Gasteiger partial charge in [0.25, 0.3) is 5.91 Å². The molecule has 108 valence electrons. The smallest absolute Gasteiger partial charge is 0.273 e. The molecule has 3 aromatic rings. The first-order chi connectivity index (χ1) is 10.2. The Morgan fingerprint density at radius 3 is 3.00 bits per heavy atom. The maximum Gasteiger partial charge on any atom is 0.273 e. The standard InChI is InChI=1S/C15H16N4OS/c1-3-4-13-18-19-15(21-13)17-14(20)12-8-10-6-5-9(2)7-11(10)16-12/h5-8,16H,3-4H2,1-2H3,(H,17,19,20). The van der Waals surface area contributed by atoms with Gasteiger partial charge in [-0.1, -0.05) is 30.4 Å². The van der Waals surface area contributed by atoms with Crippen molar-refractivity contribution in [3.8, 4) is 0 Å². The van der Waals surface area contributed by atoms with Gasteiger partial charge in [-0.2, -0.15) is 0 Å². The molecule has 3 rings (SSSR count). The van der Waals surface area contributed by atoms with Crippen LogP contribution in [0, 0.1) is 6.92 Å². The normalized spacial score (nSPS) is 11.0. The van der Waals surface area contributed by atoms with Crippen LogP contribution in [0.2, 0.25) is 0 Å². The molecule has 1 amide bonds. The van der Waals surface area contributed by atoms with Crippen LogP contribution < -0.4 is 5.32 Å². The minimum Gasteiger partial charge on any atom is -0.351 e. The number of carbonyl (C=O) groups is 1. The summed E-state index contributed by atoms with van der Waals surface area (Å²) in [6, 6.07) is 7.90. The van der Waals surface area contributed by atoms with E-state index in [1.165, 1.54) is 11.3 Å². The fourth-order valence-corrected chi connectivity index (χ4v) is 2.98. The Hall–Kier alpha value is -2.21. The molecule has 2 aromatic heterocycles. The van der Waals surface area contributed by atoms with Crippen LogP contribution in [0.15, 0.2) is 24.3 Å². The lowest BCUT2D eigenvalue weighted by molar-refractivity contribution is 0.102. The van der Waals surface area contributed by atoms with Crippen LogP contribution in [0.1, 0.15) is 34.4 Å². The summed E-state index contributed by atoms with van der Waals surface area (Å²) in [5.41, 5.74) is 2.65. The van der Waals surface area contributed by atoms with Gasteiger partial charge in [-0.3, -0.25) is 10.1 Å². The summed E-state index contributed by atoms with van der Waals surface area (Å²) in [6.07, 6.45) is 1.91. The van der Waals surface area contributed by atoms with Gasteiger partial charge < -0.3 is 4.98 Å². The van der Waals surface area contributed by atoms with E-state index in [-0.39, 0.29) is 5.91 Å². The average Bonchev–Trinajstić information content (AvgIpc) is 3.05. The molecule has 0 bridgehead atoms. The molecule has 0 aliphatic rings. The van der Waals surface area contributed by atoms with E-state index in [1.807, 2.05) is 31.2 Å². The molecular weight excluding hydrogens is 284 g/mol. The summed E-state index contributed by atoms with van der Waals surface area (Å²) in [6.45, 7) is 4.11. The van der Waals surface area contributed by atoms with Crippen LogP contribution in [-0.4, -0.2) is 21.1 Å². The van der Waals surface area contributed by atoms with Gasteiger partial charge in [-0.25, -0.2) is 0 Å². The molecule has 6 heteroatoms. The predicted octanol–water partition coefficient (Wildman–Crippen LogP) is 3.53. The van der Waals surface area contributed by atoms with Crippen molar-refractivity contribution in [3.63, 3.8) is 0 Å². The quantitative estimate of drug-likeness (QED) is 0.774. The molecule has 0 spiro atoms. The Morgan fingerprint density at radius 1 is 1.33 bits per heavy atom. The van der Waals surface area contributed by atoms with E-state index in [0.29, 0.717) is 10.8 Å². The maximum atomic E-state index is 12.2. The monoisotopic (exact) mass is 300 g/mol. The van der Waals surface area contributed by atoms with Gasteiger partial charge in [0.2, 0.25) is 5.13 Å². The summed E-state index contributed by atoms with van der Waals surface area (Å²) in [5.74, 6) is -0.192. The molecule has 0 aliphatic heterocycles. The molecule has 2 heterocycles. The van der Waals surface area contributed by atoms with E-state index >= 15 is 0 Å². The second kappa shape index (κ2) is 5.65. The van der Waals surface area contributed by atoms with E-state index < -0.39 is 0 Å². The summed E-state index contributed by atoms with van der Waals surface area (Å²) >= 11 is 1.42. The highest BCUT2D eigenvalue weighted by Gasteiger charge is 2.12. The van der Waals surface area contributed by atoms with Gasteiger partial charge in [0.05, 0.1) is 0 Å². The number of nitrogens with one attached hydrogen (secondary N) is 2. The minimum atomic E-state index is -0.192. The Labute approximate surface area is 126 Å². The third-order valence-electron chi connectivity index (χ3n) is 3.17. The van der Waals surface area contributed by atoms with Crippen molar-refractivity contribution in [2.24, 2.45) is 0 Å². The molecule has 2 N–H and O–H groups in total. The van der Waals surface area contributed by atoms with Crippen molar-refractivity contribution in [2.45, 2.75) is 26.7 Å². The van der Waals surface area contributed by atoms with E-state index in [0.717, 1.165) is 34.3 Å². The number of anilines is 1. The van der Waals surface area contributed by atoms with Crippen molar-refractivity contribution in [2.75, 3.05) is 5.32 Å². The highest BCUT2D eigenvalue weighted by atomic mass is 32.1. The number of amides is 1. The fraction of sp³-hybridized carbons (Fsp3) is 0.267. The van der Waals surface area contributed by atoms with Crippen LogP contribution in [0.4, 0.5) is 5.13 Å². The van der Waals surface area contributed by atoms with Crippen LogP contribution in [0.25, 0.3) is 10.9 Å². The third kappa shape index (κ3) is 2.95. The predicted molar refractivity (Wildman–Crippen MR) is 84.9 cm³/mol. The Balaban J connectivity index is 1.79. The van der Waals surface area contributed by atoms with Gasteiger partial charge in [-0.15, -0.1) is 10.2 Å². The molecule has 21 heavy (non-hydrogen) atoms. The first-order valence-electron chi connectivity index (χ1n) is 6.89. The lowest BCUT2D eigenvalue weighted by atomic mass is 10.2. The number of hydrogen-bond acceptors (Lipinski definition) is 4. The van der Waals surface area contributed by atoms with E-state index in [9.17, 15) is 4.79 Å². The van der Waals surface area contributed by atoms with E-state index in [4.69, 9.17) is 0 Å². The lowest BCUT2D eigenvalue weighted by Gasteiger charge is -1.97. The molecule has 0 saturated carbocycles. The highest BCUT2D eigenvalue weighted by Crippen LogP contribution is 2.20. The van der Waals surface area contributed by atoms with Crippen LogP contribution in [0.3, 0.4) is 0 Å². The van der Waals surface area contributed by atoms with Crippen LogP contribution >= 0.6 is 11.3 Å². The number of H-pyrrole nitrogens is 1. The average molecular weight is 300 g/mol. The van der Waals surface area contributed by atoms with Gasteiger partial charge in [0.1, 0.15) is 10.7 Å². The first-order valence-corrected chi connectivity index (χ1v) is 7.70. The second-order valence-corrected chi connectivity index (χ2v) is 6.04. The van der Waals surface area contributed by atoms with Crippen molar-refractivity contribution >= 4 is 33.3 Å². The van der Waals surface area contributed by atoms with Crippen LogP contribution in [-0.2, 0) is 6.42 Å². The van der Waals surface area contributed by atoms with Crippen molar-refractivity contribution < 1.29 is 4.79 Å². The zero-order valence-corrected chi connectivity index (χ0v) is 12.8. The minimum absolute atomic E-state index is 0.192. The molecule has 1 aromatic carbocycles. The zero-order valence-electron chi connectivity index (χ0n) is 11.9. The molecule has 0 aliphatic carbocycles. The number of nitrogens with zero attached hydrogens (tertiary/aromatic N) is 2. The summed E-state index contributed by atoms with van der Waals surface area (Å²) in [5, 5.41) is 13.3. The zero-order chi connectivity index (χ0) is 14.8. The SMILES string of the molecule is CCCc1nnc(NC(=O)c2cc3ccc(C)cc3[nH]2)s1. The molecule has 0 saturated heterocycles. The second-order valence-electron chi connectivity index (χ2n) is 4.98. The van der Waals surface area contributed by atoms with Gasteiger partial charge >= 0.3 is 0 Å². The lowest BCUT2D eigenvalue weighted by Crippen LogP contribution is -2.11. The van der Waals surface area contributed by atoms with Gasteiger partial charge in [-0.05, 0) is 31.0 Å². The van der Waals surface area contributed by atoms with E-state index in [2.05, 4.69) is 27.4 Å². The third-order valence-corrected chi connectivity index (χ3v) is 4.07. The number of carbonyl (C=O) groups excluding carboxylic acids is 1. The summed E-state index contributed by atoms with van der Waals surface area (Å²) < 4.78 is 0. The maximum absolute atomic E-state index is 12.2. The molecule has 0 unspecified atom stereocenters. The first kappa shape index (κ1) is 13.8. The molecule has 5 nitrogen and oxygen atoms in total. The number of rotatable bonds is 4. The van der Waals surface area contributed by atoms with E-state index in [1.54, 1.807) is 0 Å². The van der Waals surface area contributed by atoms with Gasteiger partial charge in [0.15, 0.2) is 0 Å². The molecule has 0 radical (unpaired) electrons. The van der Waals surface area contributed by atoms with Crippen LogP contribution in [0.5, 0.6) is 0 Å². The van der Waals surface area contributed by atoms with Crippen molar-refractivity contribution in [1.29, 1.82) is 0 Å². The highest BCUT2D eigenvalue weighted by molar-refractivity contribution is 7.15. The van der Waals surface area contributed by atoms with Crippen molar-refractivity contribution in [1.82, 2.24) is 15.2 Å². The Bertz CT molecular complexity index is 790. The largest absolute Gasteiger partial charge is 0.351 e. The molecule has 0 fully saturated rings. The number of hydrogen-bond donors (Lipinski definition) is 2.